The van der Waals surface area contributed by atoms with Gasteiger partial charge in [-0.3, -0.25) is 9.59 Å². The van der Waals surface area contributed by atoms with Crippen molar-refractivity contribution in [3.05, 3.63) is 71.4 Å². The topological polar surface area (TPSA) is 79.7 Å². The fourth-order valence-electron chi connectivity index (χ4n) is 4.61. The van der Waals surface area contributed by atoms with E-state index in [1.807, 2.05) is 58.3 Å². The molecule has 2 aliphatic rings. The van der Waals surface area contributed by atoms with E-state index in [1.165, 1.54) is 0 Å². The van der Waals surface area contributed by atoms with Gasteiger partial charge in [-0.15, -0.1) is 0 Å². The molecule has 182 valence electrons. The molecule has 1 unspecified atom stereocenters. The molecule has 0 aliphatic carbocycles. The van der Waals surface area contributed by atoms with Gasteiger partial charge in [-0.25, -0.2) is 4.68 Å². The van der Waals surface area contributed by atoms with Crippen LogP contribution >= 0.6 is 11.6 Å². The number of fused-ring (bicyclic) bond motifs is 1. The lowest BCUT2D eigenvalue weighted by Crippen LogP contribution is -2.52. The zero-order valence-electron chi connectivity index (χ0n) is 19.4. The highest BCUT2D eigenvalue weighted by Gasteiger charge is 2.34. The summed E-state index contributed by atoms with van der Waals surface area (Å²) in [5.41, 5.74) is 1.71. The molecule has 0 saturated carbocycles. The second-order valence-electron chi connectivity index (χ2n) is 8.85. The summed E-state index contributed by atoms with van der Waals surface area (Å²) in [6.45, 7) is 2.36. The molecule has 1 fully saturated rings. The molecule has 1 N–H and O–H groups in total. The van der Waals surface area contributed by atoms with Gasteiger partial charge in [-0.05, 0) is 43.0 Å². The molecule has 2 aromatic carbocycles. The predicted molar refractivity (Wildman–Crippen MR) is 135 cm³/mol. The maximum atomic E-state index is 13.1. The second kappa shape index (κ2) is 10.4. The highest BCUT2D eigenvalue weighted by Crippen LogP contribution is 2.33. The molecule has 8 nitrogen and oxygen atoms in total. The van der Waals surface area contributed by atoms with Crippen molar-refractivity contribution in [2.24, 2.45) is 0 Å². The van der Waals surface area contributed by atoms with Gasteiger partial charge >= 0.3 is 0 Å². The van der Waals surface area contributed by atoms with E-state index >= 15 is 0 Å². The van der Waals surface area contributed by atoms with Crippen molar-refractivity contribution in [3.8, 4) is 5.75 Å². The van der Waals surface area contributed by atoms with E-state index in [4.69, 9.17) is 16.3 Å². The number of carbonyl (C=O) groups is 2. The first-order chi connectivity index (χ1) is 17.1. The summed E-state index contributed by atoms with van der Waals surface area (Å²) in [5, 5.41) is 7.94. The van der Waals surface area contributed by atoms with Crippen LogP contribution in [0.1, 0.15) is 24.8 Å². The number of anilines is 2. The number of benzene rings is 2. The van der Waals surface area contributed by atoms with Crippen LogP contribution in [0, 0.1) is 0 Å². The Morgan fingerprint density at radius 3 is 2.63 bits per heavy atom. The molecule has 1 aromatic heterocycles. The molecule has 0 radical (unpaired) electrons. The van der Waals surface area contributed by atoms with E-state index in [0.29, 0.717) is 29.7 Å². The molecule has 2 amide bonds. The number of likely N-dealkylation sites (tertiary alicyclic amines) is 1. The van der Waals surface area contributed by atoms with Gasteiger partial charge in [-0.2, -0.15) is 5.10 Å². The Kier molecular flexibility index (Phi) is 6.90. The van der Waals surface area contributed by atoms with Gasteiger partial charge in [0.1, 0.15) is 11.6 Å². The third-order valence-electron chi connectivity index (χ3n) is 6.40. The van der Waals surface area contributed by atoms with E-state index in [-0.39, 0.29) is 18.4 Å². The number of piperidine rings is 1. The van der Waals surface area contributed by atoms with Crippen molar-refractivity contribution in [3.63, 3.8) is 0 Å². The van der Waals surface area contributed by atoms with Crippen molar-refractivity contribution in [2.45, 2.75) is 31.9 Å². The Morgan fingerprint density at radius 2 is 1.80 bits per heavy atom. The molecular weight excluding hydrogens is 466 g/mol. The first-order valence-electron chi connectivity index (χ1n) is 11.9. The number of ether oxygens (including phenoxy) is 1. The van der Waals surface area contributed by atoms with Crippen molar-refractivity contribution >= 4 is 34.9 Å². The van der Waals surface area contributed by atoms with Gasteiger partial charge in [0.2, 0.25) is 5.91 Å². The first kappa shape index (κ1) is 23.2. The van der Waals surface area contributed by atoms with Gasteiger partial charge in [0, 0.05) is 24.2 Å². The Labute approximate surface area is 209 Å². The standard InChI is InChI=1S/C26H28ClN5O3/c27-20-9-3-2-8-19(20)16-32-24(12-13-28-32)29-25(33)18-31-17-23(26(34)30-14-6-1-7-15-30)35-22-11-5-4-10-21(22)31/h2-5,8-13,23H,1,6-7,14-18H2,(H,29,33). The average molecular weight is 494 g/mol. The molecule has 2 aliphatic heterocycles. The summed E-state index contributed by atoms with van der Waals surface area (Å²) >= 11 is 6.29. The summed E-state index contributed by atoms with van der Waals surface area (Å²) in [6.07, 6.45) is 4.19. The van der Waals surface area contributed by atoms with Gasteiger partial charge in [0.05, 0.1) is 31.5 Å². The maximum absolute atomic E-state index is 13.1. The minimum atomic E-state index is -0.637. The molecule has 35 heavy (non-hydrogen) atoms. The van der Waals surface area contributed by atoms with Crippen molar-refractivity contribution in [2.75, 3.05) is 36.4 Å². The van der Waals surface area contributed by atoms with Crippen LogP contribution in [0.2, 0.25) is 5.02 Å². The first-order valence-corrected chi connectivity index (χ1v) is 12.3. The number of nitrogens with zero attached hydrogens (tertiary/aromatic N) is 4. The number of para-hydroxylation sites is 2. The van der Waals surface area contributed by atoms with Crippen LogP contribution in [0.3, 0.4) is 0 Å². The summed E-state index contributed by atoms with van der Waals surface area (Å²) in [5.74, 6) is 0.984. The summed E-state index contributed by atoms with van der Waals surface area (Å²) in [6, 6.07) is 16.8. The zero-order chi connectivity index (χ0) is 24.2. The minimum absolute atomic E-state index is 0.0116. The fourth-order valence-corrected chi connectivity index (χ4v) is 4.81. The van der Waals surface area contributed by atoms with Gasteiger partial charge in [0.25, 0.3) is 5.91 Å². The number of hydrogen-bond acceptors (Lipinski definition) is 5. The summed E-state index contributed by atoms with van der Waals surface area (Å²) < 4.78 is 7.77. The van der Waals surface area contributed by atoms with Crippen LogP contribution in [0.15, 0.2) is 60.8 Å². The lowest BCUT2D eigenvalue weighted by molar-refractivity contribution is -0.139. The van der Waals surface area contributed by atoms with E-state index in [1.54, 1.807) is 16.9 Å². The van der Waals surface area contributed by atoms with E-state index < -0.39 is 6.10 Å². The highest BCUT2D eigenvalue weighted by molar-refractivity contribution is 6.31. The summed E-state index contributed by atoms with van der Waals surface area (Å²) in [4.78, 5) is 30.0. The van der Waals surface area contributed by atoms with Crippen LogP contribution in [0.25, 0.3) is 0 Å². The average Bonchev–Trinajstić information content (AvgIpc) is 3.31. The van der Waals surface area contributed by atoms with Crippen LogP contribution < -0.4 is 15.0 Å². The van der Waals surface area contributed by atoms with Crippen molar-refractivity contribution < 1.29 is 14.3 Å². The van der Waals surface area contributed by atoms with E-state index in [0.717, 1.165) is 43.6 Å². The van der Waals surface area contributed by atoms with Gasteiger partial charge in [-0.1, -0.05) is 41.9 Å². The molecule has 9 heteroatoms. The third-order valence-corrected chi connectivity index (χ3v) is 6.77. The fraction of sp³-hybridized carbons (Fsp3) is 0.346. The number of aromatic nitrogens is 2. The van der Waals surface area contributed by atoms with Gasteiger partial charge in [0.15, 0.2) is 6.10 Å². The Balaban J connectivity index is 1.28. The summed E-state index contributed by atoms with van der Waals surface area (Å²) in [7, 11) is 0. The molecule has 5 rings (SSSR count). The zero-order valence-corrected chi connectivity index (χ0v) is 20.2. The molecule has 1 saturated heterocycles. The highest BCUT2D eigenvalue weighted by atomic mass is 35.5. The van der Waals surface area contributed by atoms with E-state index in [2.05, 4.69) is 10.4 Å². The number of rotatable bonds is 6. The molecule has 0 spiro atoms. The molecular formula is C26H28ClN5O3. The maximum Gasteiger partial charge on any atom is 0.265 e. The Bertz CT molecular complexity index is 1210. The number of nitrogens with one attached hydrogen (secondary N) is 1. The van der Waals surface area contributed by atoms with Crippen LogP contribution in [-0.2, 0) is 16.1 Å². The SMILES string of the molecule is O=C(CN1CC(C(=O)N2CCCCC2)Oc2ccccc21)Nc1ccnn1Cc1ccccc1Cl. The largest absolute Gasteiger partial charge is 0.477 e. The monoisotopic (exact) mass is 493 g/mol. The van der Waals surface area contributed by atoms with Crippen molar-refractivity contribution in [1.29, 1.82) is 0 Å². The lowest BCUT2D eigenvalue weighted by atomic mass is 10.1. The molecule has 3 heterocycles. The second-order valence-corrected chi connectivity index (χ2v) is 9.26. The lowest BCUT2D eigenvalue weighted by Gasteiger charge is -2.38. The number of carbonyl (C=O) groups excluding carboxylic acids is 2. The van der Waals surface area contributed by atoms with Crippen molar-refractivity contribution in [1.82, 2.24) is 14.7 Å². The Hall–Kier alpha value is -3.52. The van der Waals surface area contributed by atoms with Crippen LogP contribution in [0.5, 0.6) is 5.75 Å². The number of hydrogen-bond donors (Lipinski definition) is 1. The third kappa shape index (κ3) is 5.27. The quantitative estimate of drug-likeness (QED) is 0.565. The number of amides is 2. The van der Waals surface area contributed by atoms with Crippen LogP contribution in [-0.4, -0.2) is 58.8 Å². The Morgan fingerprint density at radius 1 is 1.03 bits per heavy atom. The predicted octanol–water partition coefficient (Wildman–Crippen LogP) is 3.80. The normalized spacial score (nSPS) is 17.5. The van der Waals surface area contributed by atoms with Crippen LogP contribution in [0.4, 0.5) is 11.5 Å². The smallest absolute Gasteiger partial charge is 0.265 e. The molecule has 1 atom stereocenters. The molecule has 0 bridgehead atoms. The van der Waals surface area contributed by atoms with Gasteiger partial charge < -0.3 is 19.9 Å². The van der Waals surface area contributed by atoms with E-state index in [9.17, 15) is 9.59 Å². The minimum Gasteiger partial charge on any atom is -0.477 e. The number of halogens is 1. The molecule has 3 aromatic rings.